The molecule has 3 N–H and O–H groups in total. The van der Waals surface area contributed by atoms with Gasteiger partial charge in [-0.3, -0.25) is 4.79 Å². The van der Waals surface area contributed by atoms with Gasteiger partial charge >= 0.3 is 0 Å². The summed E-state index contributed by atoms with van der Waals surface area (Å²) >= 11 is 0. The predicted octanol–water partition coefficient (Wildman–Crippen LogP) is 1.97. The Hall–Kier alpha value is -1.79. The minimum Gasteiger partial charge on any atom is -0.398 e. The first-order valence-corrected chi connectivity index (χ1v) is 6.27. The van der Waals surface area contributed by atoms with Crippen LogP contribution in [-0.4, -0.2) is 20.7 Å². The average Bonchev–Trinajstić information content (AvgIpc) is 3.15. The number of nitrogen functional groups attached to an aromatic ring is 1. The first-order chi connectivity index (χ1) is 9.25. The molecule has 0 atom stereocenters. The number of hydrogen-bond donors (Lipinski definition) is 2. The van der Waals surface area contributed by atoms with Crippen molar-refractivity contribution in [3.63, 3.8) is 0 Å². The quantitative estimate of drug-likeness (QED) is 0.839. The second kappa shape index (κ2) is 7.28. The Morgan fingerprint density at radius 3 is 2.71 bits per heavy atom. The third kappa shape index (κ3) is 3.86. The number of amides is 1. The van der Waals surface area contributed by atoms with Gasteiger partial charge in [-0.25, -0.2) is 0 Å². The van der Waals surface area contributed by atoms with Crippen molar-refractivity contribution in [1.29, 1.82) is 0 Å². The number of halogens is 2. The summed E-state index contributed by atoms with van der Waals surface area (Å²) in [5.41, 5.74) is 6.73. The maximum Gasteiger partial charge on any atom is 0.253 e. The van der Waals surface area contributed by atoms with E-state index in [9.17, 15) is 4.79 Å². The largest absolute Gasteiger partial charge is 0.398 e. The zero-order chi connectivity index (χ0) is 13.2. The number of nitrogens with two attached hydrogens (primary N) is 1. The van der Waals surface area contributed by atoms with Gasteiger partial charge in [0.2, 0.25) is 0 Å². The Balaban J connectivity index is 0.00000110. The summed E-state index contributed by atoms with van der Waals surface area (Å²) in [5.74, 6) is 0.591. The summed E-state index contributed by atoms with van der Waals surface area (Å²) < 4.78 is 2.02. The lowest BCUT2D eigenvalue weighted by molar-refractivity contribution is 0.0950. The molecule has 1 amide bonds. The van der Waals surface area contributed by atoms with E-state index in [2.05, 4.69) is 15.5 Å². The zero-order valence-corrected chi connectivity index (χ0v) is 12.9. The molecule has 1 fully saturated rings. The second-order valence-electron chi connectivity index (χ2n) is 4.66. The molecule has 0 saturated heterocycles. The number of carbonyl (C=O) groups is 1. The molecular formula is C13H17Cl2N5O. The molecule has 3 rings (SSSR count). The molecule has 0 radical (unpaired) electrons. The first-order valence-electron chi connectivity index (χ1n) is 6.27. The van der Waals surface area contributed by atoms with E-state index in [1.54, 1.807) is 30.6 Å². The lowest BCUT2D eigenvalue weighted by Gasteiger charge is -2.08. The van der Waals surface area contributed by atoms with Crippen LogP contribution in [0.4, 0.5) is 5.69 Å². The van der Waals surface area contributed by atoms with Crippen molar-refractivity contribution in [3.05, 3.63) is 42.0 Å². The second-order valence-corrected chi connectivity index (χ2v) is 4.66. The Morgan fingerprint density at radius 1 is 1.33 bits per heavy atom. The molecule has 1 aromatic carbocycles. The summed E-state index contributed by atoms with van der Waals surface area (Å²) in [6, 6.07) is 7.51. The highest BCUT2D eigenvalue weighted by atomic mass is 35.5. The van der Waals surface area contributed by atoms with Crippen molar-refractivity contribution in [2.75, 3.05) is 5.73 Å². The molecule has 114 valence electrons. The highest BCUT2D eigenvalue weighted by Gasteiger charge is 2.26. The van der Waals surface area contributed by atoms with Gasteiger partial charge in [0, 0.05) is 11.7 Å². The molecule has 0 aliphatic heterocycles. The topological polar surface area (TPSA) is 85.8 Å². The number of hydrogen-bond acceptors (Lipinski definition) is 4. The normalized spacial score (nSPS) is 13.0. The molecule has 8 heteroatoms. The van der Waals surface area contributed by atoms with Gasteiger partial charge in [0.25, 0.3) is 5.91 Å². The minimum atomic E-state index is -0.191. The van der Waals surface area contributed by atoms with E-state index < -0.39 is 0 Å². The highest BCUT2D eigenvalue weighted by Crippen LogP contribution is 2.35. The number of anilines is 1. The van der Waals surface area contributed by atoms with E-state index in [0.29, 0.717) is 23.8 Å². The minimum absolute atomic E-state index is 0. The van der Waals surface area contributed by atoms with E-state index in [0.717, 1.165) is 18.7 Å². The molecule has 1 heterocycles. The third-order valence-electron chi connectivity index (χ3n) is 3.20. The molecule has 6 nitrogen and oxygen atoms in total. The van der Waals surface area contributed by atoms with Gasteiger partial charge in [0.1, 0.15) is 6.33 Å². The molecule has 0 unspecified atom stereocenters. The van der Waals surface area contributed by atoms with E-state index >= 15 is 0 Å². The molecule has 21 heavy (non-hydrogen) atoms. The first kappa shape index (κ1) is 17.3. The van der Waals surface area contributed by atoms with Gasteiger partial charge in [-0.15, -0.1) is 35.0 Å². The monoisotopic (exact) mass is 329 g/mol. The summed E-state index contributed by atoms with van der Waals surface area (Å²) in [6.45, 7) is 0.365. The summed E-state index contributed by atoms with van der Waals surface area (Å²) in [6.07, 6.45) is 4.03. The number of aromatic nitrogens is 3. The summed E-state index contributed by atoms with van der Waals surface area (Å²) in [4.78, 5) is 12.0. The number of rotatable bonds is 4. The van der Waals surface area contributed by atoms with Crippen LogP contribution in [0.2, 0.25) is 0 Å². The Morgan fingerprint density at radius 2 is 2.05 bits per heavy atom. The molecule has 2 aromatic rings. The van der Waals surface area contributed by atoms with Crippen LogP contribution in [0.25, 0.3) is 0 Å². The van der Waals surface area contributed by atoms with Crippen molar-refractivity contribution in [2.45, 2.75) is 25.4 Å². The fourth-order valence-corrected chi connectivity index (χ4v) is 2.01. The number of para-hydroxylation sites is 1. The molecule has 1 aliphatic carbocycles. The summed E-state index contributed by atoms with van der Waals surface area (Å²) in [7, 11) is 0. The van der Waals surface area contributed by atoms with E-state index in [1.807, 2.05) is 4.57 Å². The fraction of sp³-hybridized carbons (Fsp3) is 0.308. The van der Waals surface area contributed by atoms with Crippen LogP contribution in [0.5, 0.6) is 0 Å². The van der Waals surface area contributed by atoms with Crippen molar-refractivity contribution in [2.24, 2.45) is 0 Å². The number of nitrogens with one attached hydrogen (secondary N) is 1. The van der Waals surface area contributed by atoms with Gasteiger partial charge in [-0.1, -0.05) is 12.1 Å². The summed E-state index contributed by atoms with van der Waals surface area (Å²) in [5, 5.41) is 10.7. The van der Waals surface area contributed by atoms with Crippen molar-refractivity contribution in [1.82, 2.24) is 20.1 Å². The van der Waals surface area contributed by atoms with Crippen molar-refractivity contribution in [3.8, 4) is 0 Å². The predicted molar refractivity (Wildman–Crippen MR) is 84.8 cm³/mol. The molecule has 0 bridgehead atoms. The van der Waals surface area contributed by atoms with Crippen LogP contribution in [0.1, 0.15) is 35.1 Å². The molecule has 1 aliphatic rings. The molecular weight excluding hydrogens is 313 g/mol. The van der Waals surface area contributed by atoms with Crippen molar-refractivity contribution < 1.29 is 4.79 Å². The third-order valence-corrected chi connectivity index (χ3v) is 3.20. The van der Waals surface area contributed by atoms with Crippen molar-refractivity contribution >= 4 is 36.4 Å². The number of benzene rings is 1. The maximum atomic E-state index is 12.0. The van der Waals surface area contributed by atoms with E-state index in [4.69, 9.17) is 5.73 Å². The van der Waals surface area contributed by atoms with E-state index in [-0.39, 0.29) is 30.7 Å². The number of carbonyl (C=O) groups excluding carboxylic acids is 1. The Bertz CT molecular complexity index is 612. The Labute approximate surface area is 134 Å². The van der Waals surface area contributed by atoms with Crippen LogP contribution in [0, 0.1) is 0 Å². The average molecular weight is 330 g/mol. The lowest BCUT2D eigenvalue weighted by Crippen LogP contribution is -2.25. The van der Waals surface area contributed by atoms with Crippen LogP contribution < -0.4 is 11.1 Å². The lowest BCUT2D eigenvalue weighted by atomic mass is 10.1. The molecule has 1 saturated carbocycles. The van der Waals surface area contributed by atoms with Crippen LogP contribution in [0.15, 0.2) is 30.6 Å². The smallest absolute Gasteiger partial charge is 0.253 e. The Kier molecular flexibility index (Phi) is 5.99. The fourth-order valence-electron chi connectivity index (χ4n) is 2.01. The van der Waals surface area contributed by atoms with Gasteiger partial charge in [0.15, 0.2) is 5.82 Å². The van der Waals surface area contributed by atoms with Gasteiger partial charge < -0.3 is 15.6 Å². The van der Waals surface area contributed by atoms with Gasteiger partial charge in [-0.05, 0) is 25.0 Å². The highest BCUT2D eigenvalue weighted by molar-refractivity contribution is 5.98. The van der Waals surface area contributed by atoms with Crippen LogP contribution >= 0.6 is 24.8 Å². The SMILES string of the molecule is Cl.Cl.Nc1ccccc1C(=O)NCc1nncn1C1CC1. The maximum absolute atomic E-state index is 12.0. The van der Waals surface area contributed by atoms with Crippen LogP contribution in [0.3, 0.4) is 0 Å². The molecule has 1 aromatic heterocycles. The number of nitrogens with zero attached hydrogens (tertiary/aromatic N) is 3. The zero-order valence-electron chi connectivity index (χ0n) is 11.2. The van der Waals surface area contributed by atoms with Gasteiger partial charge in [-0.2, -0.15) is 0 Å². The standard InChI is InChI=1S/C13H15N5O.2ClH/c14-11-4-2-1-3-10(11)13(19)15-7-12-17-16-8-18(12)9-5-6-9;;/h1-4,8-9H,5-7,14H2,(H,15,19);2*1H. The molecule has 0 spiro atoms. The van der Waals surface area contributed by atoms with Gasteiger partial charge in [0.05, 0.1) is 12.1 Å². The van der Waals surface area contributed by atoms with Crippen LogP contribution in [-0.2, 0) is 6.54 Å². The van der Waals surface area contributed by atoms with E-state index in [1.165, 1.54) is 0 Å².